The van der Waals surface area contributed by atoms with Crippen LogP contribution in [-0.4, -0.2) is 26.9 Å². The van der Waals surface area contributed by atoms with Gasteiger partial charge in [0.2, 0.25) is 5.91 Å². The van der Waals surface area contributed by atoms with Crippen LogP contribution in [0.1, 0.15) is 52.4 Å². The molecule has 0 aliphatic heterocycles. The zero-order valence-electron chi connectivity index (χ0n) is 12.6. The number of nitrogens with zero attached hydrogens (tertiary/aromatic N) is 3. The third kappa shape index (κ3) is 4.62. The predicted octanol–water partition coefficient (Wildman–Crippen LogP) is 2.39. The van der Waals surface area contributed by atoms with Crippen molar-refractivity contribution in [3.8, 4) is 0 Å². The molecule has 1 amide bonds. The highest BCUT2D eigenvalue weighted by Crippen LogP contribution is 2.28. The van der Waals surface area contributed by atoms with Gasteiger partial charge in [0.15, 0.2) is 0 Å². The van der Waals surface area contributed by atoms with E-state index in [0.717, 1.165) is 12.3 Å². The fourth-order valence-electron chi connectivity index (χ4n) is 2.85. The molecule has 1 saturated carbocycles. The Bertz CT molecular complexity index is 396. The summed E-state index contributed by atoms with van der Waals surface area (Å²) in [5, 5.41) is 11.4. The van der Waals surface area contributed by atoms with E-state index in [4.69, 9.17) is 0 Å². The summed E-state index contributed by atoms with van der Waals surface area (Å²) in [5.41, 5.74) is 0. The quantitative estimate of drug-likeness (QED) is 0.833. The highest BCUT2D eigenvalue weighted by atomic mass is 16.1. The van der Waals surface area contributed by atoms with Gasteiger partial charge in [-0.15, -0.1) is 0 Å². The van der Waals surface area contributed by atoms with E-state index < -0.39 is 0 Å². The summed E-state index contributed by atoms with van der Waals surface area (Å²) < 4.78 is 0. The molecule has 1 aromatic heterocycles. The minimum Gasteiger partial charge on any atom is -0.351 e. The van der Waals surface area contributed by atoms with Crippen LogP contribution in [0.3, 0.4) is 0 Å². The Labute approximate surface area is 121 Å². The van der Waals surface area contributed by atoms with Gasteiger partial charge in [-0.3, -0.25) is 4.79 Å². The third-order valence-electron chi connectivity index (χ3n) is 4.23. The maximum atomic E-state index is 12.1. The van der Waals surface area contributed by atoms with Crippen molar-refractivity contribution < 1.29 is 4.79 Å². The number of hydrogen-bond donors (Lipinski definition) is 1. The van der Waals surface area contributed by atoms with Crippen molar-refractivity contribution in [1.29, 1.82) is 0 Å². The molecule has 20 heavy (non-hydrogen) atoms. The molecule has 1 aliphatic carbocycles. The molecule has 0 aromatic carbocycles. The summed E-state index contributed by atoms with van der Waals surface area (Å²) in [5.74, 6) is 1.31. The van der Waals surface area contributed by atoms with Crippen molar-refractivity contribution >= 4 is 5.91 Å². The fraction of sp³-hybridized carbons (Fsp3) is 0.800. The lowest BCUT2D eigenvalue weighted by Gasteiger charge is -2.22. The Balaban J connectivity index is 1.76. The number of amides is 1. The topological polar surface area (TPSA) is 59.8 Å². The zero-order chi connectivity index (χ0) is 14.4. The van der Waals surface area contributed by atoms with Crippen LogP contribution >= 0.6 is 0 Å². The summed E-state index contributed by atoms with van der Waals surface area (Å²) in [4.78, 5) is 13.7. The second-order valence-electron chi connectivity index (χ2n) is 6.19. The molecule has 1 aromatic rings. The average molecular weight is 278 g/mol. The Morgan fingerprint density at radius 1 is 1.30 bits per heavy atom. The highest BCUT2D eigenvalue weighted by Gasteiger charge is 2.20. The van der Waals surface area contributed by atoms with E-state index in [9.17, 15) is 4.79 Å². The van der Waals surface area contributed by atoms with E-state index in [1.54, 1.807) is 17.2 Å². The van der Waals surface area contributed by atoms with Crippen LogP contribution < -0.4 is 5.32 Å². The van der Waals surface area contributed by atoms with Gasteiger partial charge in [0.1, 0.15) is 0 Å². The molecule has 0 bridgehead atoms. The first-order valence-corrected chi connectivity index (χ1v) is 7.78. The van der Waals surface area contributed by atoms with Gasteiger partial charge in [0.05, 0.1) is 25.0 Å². The first-order valence-electron chi connectivity index (χ1n) is 7.78. The molecule has 112 valence electrons. The number of hydrogen-bond acceptors (Lipinski definition) is 3. The standard InChI is InChI=1S/C15H26N4O/c1-12(2)14(11-19-16-9-10-17-19)18-15(20)8-7-13-5-3-4-6-13/h9-10,12-14H,3-8,11H2,1-2H3,(H,18,20). The predicted molar refractivity (Wildman–Crippen MR) is 78.0 cm³/mol. The van der Waals surface area contributed by atoms with E-state index in [2.05, 4.69) is 29.4 Å². The van der Waals surface area contributed by atoms with Gasteiger partial charge in [-0.1, -0.05) is 39.5 Å². The molecule has 1 unspecified atom stereocenters. The minimum atomic E-state index is 0.0958. The normalized spacial score (nSPS) is 17.6. The van der Waals surface area contributed by atoms with Crippen LogP contribution in [0.5, 0.6) is 0 Å². The van der Waals surface area contributed by atoms with Gasteiger partial charge in [-0.05, 0) is 18.3 Å². The largest absolute Gasteiger partial charge is 0.351 e. The van der Waals surface area contributed by atoms with E-state index >= 15 is 0 Å². The molecule has 1 atom stereocenters. The molecule has 5 heteroatoms. The molecule has 0 spiro atoms. The minimum absolute atomic E-state index is 0.0958. The molecule has 0 radical (unpaired) electrons. The van der Waals surface area contributed by atoms with E-state index in [1.165, 1.54) is 25.7 Å². The van der Waals surface area contributed by atoms with Gasteiger partial charge in [0, 0.05) is 6.42 Å². The molecule has 1 fully saturated rings. The Morgan fingerprint density at radius 3 is 2.55 bits per heavy atom. The average Bonchev–Trinajstić information content (AvgIpc) is 3.08. The first kappa shape index (κ1) is 15.0. The molecule has 5 nitrogen and oxygen atoms in total. The van der Waals surface area contributed by atoms with Crippen molar-refractivity contribution in [1.82, 2.24) is 20.3 Å². The van der Waals surface area contributed by atoms with Gasteiger partial charge >= 0.3 is 0 Å². The van der Waals surface area contributed by atoms with Crippen LogP contribution in [0.15, 0.2) is 12.4 Å². The van der Waals surface area contributed by atoms with Crippen LogP contribution in [0.4, 0.5) is 0 Å². The van der Waals surface area contributed by atoms with Crippen molar-refractivity contribution in [3.63, 3.8) is 0 Å². The van der Waals surface area contributed by atoms with Crippen LogP contribution in [-0.2, 0) is 11.3 Å². The van der Waals surface area contributed by atoms with E-state index in [0.29, 0.717) is 18.9 Å². The van der Waals surface area contributed by atoms with Gasteiger partial charge in [-0.25, -0.2) is 0 Å². The maximum absolute atomic E-state index is 12.1. The number of carbonyl (C=O) groups is 1. The molecule has 1 heterocycles. The van der Waals surface area contributed by atoms with Gasteiger partial charge in [0.25, 0.3) is 0 Å². The lowest BCUT2D eigenvalue weighted by molar-refractivity contribution is -0.122. The van der Waals surface area contributed by atoms with E-state index in [-0.39, 0.29) is 11.9 Å². The lowest BCUT2D eigenvalue weighted by atomic mass is 10.0. The summed E-state index contributed by atoms with van der Waals surface area (Å²) in [6, 6.07) is 0.0958. The molecule has 0 saturated heterocycles. The maximum Gasteiger partial charge on any atom is 0.220 e. The van der Waals surface area contributed by atoms with Crippen LogP contribution in [0, 0.1) is 11.8 Å². The monoisotopic (exact) mass is 278 g/mol. The summed E-state index contributed by atoms with van der Waals surface area (Å²) >= 11 is 0. The lowest BCUT2D eigenvalue weighted by Crippen LogP contribution is -2.42. The highest BCUT2D eigenvalue weighted by molar-refractivity contribution is 5.76. The second-order valence-corrected chi connectivity index (χ2v) is 6.19. The van der Waals surface area contributed by atoms with Crippen molar-refractivity contribution in [2.45, 2.75) is 65.0 Å². The van der Waals surface area contributed by atoms with Crippen molar-refractivity contribution in [3.05, 3.63) is 12.4 Å². The van der Waals surface area contributed by atoms with Crippen LogP contribution in [0.25, 0.3) is 0 Å². The Morgan fingerprint density at radius 2 is 1.95 bits per heavy atom. The summed E-state index contributed by atoms with van der Waals surface area (Å²) in [6.07, 6.45) is 10.3. The van der Waals surface area contributed by atoms with E-state index in [1.807, 2.05) is 0 Å². The van der Waals surface area contributed by atoms with Gasteiger partial charge < -0.3 is 5.32 Å². The number of rotatable bonds is 7. The fourth-order valence-corrected chi connectivity index (χ4v) is 2.85. The first-order chi connectivity index (χ1) is 9.65. The third-order valence-corrected chi connectivity index (χ3v) is 4.23. The van der Waals surface area contributed by atoms with Crippen LogP contribution in [0.2, 0.25) is 0 Å². The van der Waals surface area contributed by atoms with Crippen molar-refractivity contribution in [2.24, 2.45) is 11.8 Å². The number of nitrogens with one attached hydrogen (secondary N) is 1. The molecular formula is C15H26N4O. The molecule has 1 N–H and O–H groups in total. The Hall–Kier alpha value is -1.39. The molecule has 2 rings (SSSR count). The SMILES string of the molecule is CC(C)C(Cn1nccn1)NC(=O)CCC1CCCC1. The van der Waals surface area contributed by atoms with Crippen molar-refractivity contribution in [2.75, 3.05) is 0 Å². The smallest absolute Gasteiger partial charge is 0.220 e. The molecular weight excluding hydrogens is 252 g/mol. The summed E-state index contributed by atoms with van der Waals surface area (Å²) in [7, 11) is 0. The molecule has 1 aliphatic rings. The number of aromatic nitrogens is 3. The number of carbonyl (C=O) groups excluding carboxylic acids is 1. The zero-order valence-corrected chi connectivity index (χ0v) is 12.6. The summed E-state index contributed by atoms with van der Waals surface area (Å²) in [6.45, 7) is 4.87. The van der Waals surface area contributed by atoms with Gasteiger partial charge in [-0.2, -0.15) is 15.0 Å². The Kier molecular flexibility index (Phi) is 5.56. The second kappa shape index (κ2) is 7.41.